The number of esters is 1. The smallest absolute Gasteiger partial charge is 0.407 e. The number of ether oxygens (including phenoxy) is 2. The Morgan fingerprint density at radius 3 is 2.52 bits per heavy atom. The zero-order valence-corrected chi connectivity index (χ0v) is 12.8. The van der Waals surface area contributed by atoms with Gasteiger partial charge in [0, 0.05) is 11.0 Å². The molecule has 118 valence electrons. The molecular formula is C13H22N4O4. The zero-order valence-electron chi connectivity index (χ0n) is 12.8. The highest BCUT2D eigenvalue weighted by Crippen LogP contribution is 2.28. The van der Waals surface area contributed by atoms with Gasteiger partial charge in [-0.25, -0.2) is 4.79 Å². The van der Waals surface area contributed by atoms with Gasteiger partial charge in [-0.15, -0.1) is 0 Å². The highest BCUT2D eigenvalue weighted by Gasteiger charge is 2.35. The molecule has 1 saturated carbocycles. The summed E-state index contributed by atoms with van der Waals surface area (Å²) in [5.41, 5.74) is 8.04. The number of hydrogen-bond acceptors (Lipinski definition) is 5. The second-order valence-corrected chi connectivity index (χ2v) is 6.06. The lowest BCUT2D eigenvalue weighted by atomic mass is 9.82. The normalized spacial score (nSPS) is 25.4. The molecule has 0 aromatic carbocycles. The van der Waals surface area contributed by atoms with Crippen molar-refractivity contribution in [2.75, 3.05) is 7.11 Å². The van der Waals surface area contributed by atoms with Gasteiger partial charge in [0.25, 0.3) is 0 Å². The van der Waals surface area contributed by atoms with Gasteiger partial charge >= 0.3 is 12.1 Å². The molecule has 21 heavy (non-hydrogen) atoms. The predicted molar refractivity (Wildman–Crippen MR) is 75.4 cm³/mol. The Morgan fingerprint density at radius 2 is 2.00 bits per heavy atom. The van der Waals surface area contributed by atoms with Crippen LogP contribution in [-0.2, 0) is 14.3 Å². The molecule has 1 aliphatic rings. The summed E-state index contributed by atoms with van der Waals surface area (Å²) in [7, 11) is 1.33. The maximum Gasteiger partial charge on any atom is 0.407 e. The maximum atomic E-state index is 11.8. The molecule has 1 N–H and O–H groups in total. The Hall–Kier alpha value is -1.95. The van der Waals surface area contributed by atoms with Crippen molar-refractivity contribution in [1.82, 2.24) is 5.32 Å². The predicted octanol–water partition coefficient (Wildman–Crippen LogP) is 2.53. The van der Waals surface area contributed by atoms with Crippen molar-refractivity contribution >= 4 is 12.1 Å². The second kappa shape index (κ2) is 7.17. The number of azide groups is 1. The van der Waals surface area contributed by atoms with E-state index in [4.69, 9.17) is 15.0 Å². The van der Waals surface area contributed by atoms with Crippen LogP contribution < -0.4 is 5.32 Å². The molecule has 8 nitrogen and oxygen atoms in total. The summed E-state index contributed by atoms with van der Waals surface area (Å²) < 4.78 is 9.90. The number of alkyl carbamates (subject to hydrolysis) is 1. The zero-order chi connectivity index (χ0) is 16.0. The molecule has 0 aliphatic heterocycles. The molecule has 0 heterocycles. The van der Waals surface area contributed by atoms with Crippen molar-refractivity contribution < 1.29 is 19.1 Å². The third kappa shape index (κ3) is 5.51. The molecule has 0 aromatic heterocycles. The monoisotopic (exact) mass is 298 g/mol. The van der Waals surface area contributed by atoms with E-state index in [1.54, 1.807) is 20.8 Å². The molecule has 0 unspecified atom stereocenters. The third-order valence-electron chi connectivity index (χ3n) is 3.25. The lowest BCUT2D eigenvalue weighted by molar-refractivity contribution is -0.146. The molecule has 3 atom stereocenters. The number of carbonyl (C=O) groups is 2. The molecule has 0 radical (unpaired) electrons. The van der Waals surface area contributed by atoms with E-state index >= 15 is 0 Å². The van der Waals surface area contributed by atoms with Crippen LogP contribution in [0.3, 0.4) is 0 Å². The number of hydrogen-bond donors (Lipinski definition) is 1. The van der Waals surface area contributed by atoms with Gasteiger partial charge in [-0.05, 0) is 45.6 Å². The molecule has 0 aromatic rings. The Kier molecular flexibility index (Phi) is 5.84. The summed E-state index contributed by atoms with van der Waals surface area (Å²) >= 11 is 0. The first-order valence-electron chi connectivity index (χ1n) is 6.88. The van der Waals surface area contributed by atoms with E-state index in [0.717, 1.165) is 0 Å². The summed E-state index contributed by atoms with van der Waals surface area (Å²) in [6.07, 6.45) is 0.909. The Bertz CT molecular complexity index is 440. The fourth-order valence-corrected chi connectivity index (χ4v) is 2.35. The first-order valence-corrected chi connectivity index (χ1v) is 6.88. The van der Waals surface area contributed by atoms with Crippen LogP contribution in [0.4, 0.5) is 4.79 Å². The average molecular weight is 298 g/mol. The van der Waals surface area contributed by atoms with Gasteiger partial charge in [-0.1, -0.05) is 5.11 Å². The number of methoxy groups -OCH3 is 1. The maximum absolute atomic E-state index is 11.8. The van der Waals surface area contributed by atoms with Gasteiger partial charge in [0.05, 0.1) is 19.1 Å². The Morgan fingerprint density at radius 1 is 1.33 bits per heavy atom. The lowest BCUT2D eigenvalue weighted by Crippen LogP contribution is -2.48. The number of carbonyl (C=O) groups excluding carboxylic acids is 2. The molecule has 1 fully saturated rings. The van der Waals surface area contributed by atoms with Crippen LogP contribution >= 0.6 is 0 Å². The molecule has 1 rings (SSSR count). The highest BCUT2D eigenvalue weighted by atomic mass is 16.6. The molecule has 0 bridgehead atoms. The van der Waals surface area contributed by atoms with Gasteiger partial charge in [0.2, 0.25) is 0 Å². The first kappa shape index (κ1) is 17.1. The molecule has 1 aliphatic carbocycles. The van der Waals surface area contributed by atoms with E-state index in [1.165, 1.54) is 7.11 Å². The van der Waals surface area contributed by atoms with E-state index < -0.39 is 17.7 Å². The fourth-order valence-electron chi connectivity index (χ4n) is 2.35. The van der Waals surface area contributed by atoms with Crippen molar-refractivity contribution in [3.05, 3.63) is 10.4 Å². The van der Waals surface area contributed by atoms with Gasteiger partial charge in [0.1, 0.15) is 5.60 Å². The quantitative estimate of drug-likeness (QED) is 0.373. The van der Waals surface area contributed by atoms with Gasteiger partial charge in [-0.2, -0.15) is 0 Å². The van der Waals surface area contributed by atoms with E-state index in [0.29, 0.717) is 19.3 Å². The topological polar surface area (TPSA) is 113 Å². The largest absolute Gasteiger partial charge is 0.469 e. The highest BCUT2D eigenvalue weighted by molar-refractivity contribution is 5.72. The lowest BCUT2D eigenvalue weighted by Gasteiger charge is -2.33. The van der Waals surface area contributed by atoms with Crippen molar-refractivity contribution in [2.24, 2.45) is 11.0 Å². The SMILES string of the molecule is COC(=O)[C@@H]1CC[C@H](NC(=O)OC(C)(C)C)[C@H](N=[N+]=[N-])C1. The van der Waals surface area contributed by atoms with Gasteiger partial charge in [0.15, 0.2) is 0 Å². The van der Waals surface area contributed by atoms with Crippen molar-refractivity contribution in [3.63, 3.8) is 0 Å². The van der Waals surface area contributed by atoms with Crippen molar-refractivity contribution in [2.45, 2.75) is 57.7 Å². The standard InChI is InChI=1S/C13H22N4O4/c1-13(2,3)21-12(19)15-9-6-5-8(11(18)20-4)7-10(9)16-17-14/h8-10H,5-7H2,1-4H3,(H,15,19)/t8-,9+,10-/m1/s1. The van der Waals surface area contributed by atoms with E-state index in [9.17, 15) is 9.59 Å². The van der Waals surface area contributed by atoms with Gasteiger partial charge < -0.3 is 14.8 Å². The van der Waals surface area contributed by atoms with Crippen molar-refractivity contribution in [1.29, 1.82) is 0 Å². The Balaban J connectivity index is 2.68. The van der Waals surface area contributed by atoms with Crippen LogP contribution in [-0.4, -0.2) is 36.9 Å². The molecule has 0 saturated heterocycles. The van der Waals surface area contributed by atoms with Crippen LogP contribution in [0.25, 0.3) is 10.4 Å². The molecule has 8 heteroatoms. The van der Waals surface area contributed by atoms with E-state index in [1.807, 2.05) is 0 Å². The summed E-state index contributed by atoms with van der Waals surface area (Å²) in [6, 6.07) is -0.822. The Labute approximate surface area is 123 Å². The van der Waals surface area contributed by atoms with E-state index in [-0.39, 0.29) is 17.9 Å². The number of nitrogens with zero attached hydrogens (tertiary/aromatic N) is 3. The minimum Gasteiger partial charge on any atom is -0.469 e. The van der Waals surface area contributed by atoms with Crippen LogP contribution in [0, 0.1) is 5.92 Å². The molecule has 0 spiro atoms. The summed E-state index contributed by atoms with van der Waals surface area (Å²) in [6.45, 7) is 5.31. The van der Waals surface area contributed by atoms with Crippen LogP contribution in [0.5, 0.6) is 0 Å². The first-order chi connectivity index (χ1) is 9.76. The van der Waals surface area contributed by atoms with Gasteiger partial charge in [-0.3, -0.25) is 4.79 Å². The number of rotatable bonds is 3. The summed E-state index contributed by atoms with van der Waals surface area (Å²) in [4.78, 5) is 26.1. The van der Waals surface area contributed by atoms with Crippen LogP contribution in [0.15, 0.2) is 5.11 Å². The van der Waals surface area contributed by atoms with Crippen LogP contribution in [0.2, 0.25) is 0 Å². The average Bonchev–Trinajstić information content (AvgIpc) is 2.38. The number of amides is 1. The van der Waals surface area contributed by atoms with Crippen molar-refractivity contribution in [3.8, 4) is 0 Å². The minimum atomic E-state index is -0.596. The second-order valence-electron chi connectivity index (χ2n) is 6.06. The minimum absolute atomic E-state index is 0.304. The van der Waals surface area contributed by atoms with Crippen LogP contribution in [0.1, 0.15) is 40.0 Å². The summed E-state index contributed by atoms with van der Waals surface area (Å²) in [5, 5.41) is 6.39. The molecular weight excluding hydrogens is 276 g/mol. The number of nitrogens with one attached hydrogen (secondary N) is 1. The van der Waals surface area contributed by atoms with E-state index in [2.05, 4.69) is 15.3 Å². The summed E-state index contributed by atoms with van der Waals surface area (Å²) in [5.74, 6) is -0.619. The molecule has 1 amide bonds. The fraction of sp³-hybridized carbons (Fsp3) is 0.846. The third-order valence-corrected chi connectivity index (χ3v) is 3.25.